The van der Waals surface area contributed by atoms with E-state index in [2.05, 4.69) is 57.1 Å². The molecule has 126 valence electrons. The first-order valence-electron chi connectivity index (χ1n) is 8.47. The second-order valence-electron chi connectivity index (χ2n) is 6.16. The summed E-state index contributed by atoms with van der Waals surface area (Å²) in [5.41, 5.74) is 5.98. The van der Waals surface area contributed by atoms with Crippen LogP contribution in [0.5, 0.6) is 0 Å². The molecule has 0 bridgehead atoms. The fraction of sp³-hybridized carbons (Fsp3) is 0.368. The van der Waals surface area contributed by atoms with Gasteiger partial charge in [-0.3, -0.25) is 0 Å². The Labute approximate surface area is 143 Å². The number of aryl methyl sites for hydroxylation is 2. The number of nitrogens with one attached hydrogen (secondary N) is 3. The molecular weight excluding hydrogens is 298 g/mol. The fourth-order valence-electron chi connectivity index (χ4n) is 2.98. The third-order valence-electron chi connectivity index (χ3n) is 4.24. The van der Waals surface area contributed by atoms with Crippen molar-refractivity contribution in [1.29, 1.82) is 0 Å². The Bertz CT molecular complexity index is 751. The topological polar surface area (TPSA) is 61.9 Å². The van der Waals surface area contributed by atoms with Gasteiger partial charge in [0, 0.05) is 31.0 Å². The van der Waals surface area contributed by atoms with E-state index in [9.17, 15) is 0 Å². The molecule has 5 nitrogen and oxygen atoms in total. The molecule has 0 aliphatic carbocycles. The maximum Gasteiger partial charge on any atom is 0.229 e. The molecule has 0 saturated carbocycles. The van der Waals surface area contributed by atoms with Crippen molar-refractivity contribution < 1.29 is 0 Å². The van der Waals surface area contributed by atoms with Crippen LogP contribution in [0.25, 0.3) is 5.57 Å². The summed E-state index contributed by atoms with van der Waals surface area (Å²) in [6.45, 7) is 6.16. The van der Waals surface area contributed by atoms with Crippen LogP contribution in [0.15, 0.2) is 30.3 Å². The van der Waals surface area contributed by atoms with Gasteiger partial charge in [-0.1, -0.05) is 12.1 Å². The second-order valence-corrected chi connectivity index (χ2v) is 6.16. The van der Waals surface area contributed by atoms with Crippen molar-refractivity contribution in [2.24, 2.45) is 0 Å². The molecule has 0 radical (unpaired) electrons. The highest BCUT2D eigenvalue weighted by atomic mass is 15.1. The van der Waals surface area contributed by atoms with Crippen LogP contribution in [-0.2, 0) is 0 Å². The summed E-state index contributed by atoms with van der Waals surface area (Å²) < 4.78 is 0. The van der Waals surface area contributed by atoms with E-state index in [4.69, 9.17) is 0 Å². The Morgan fingerprint density at radius 2 is 2.00 bits per heavy atom. The number of benzene rings is 1. The number of hydrogen-bond acceptors (Lipinski definition) is 5. The molecule has 2 aromatic rings. The lowest BCUT2D eigenvalue weighted by atomic mass is 9.96. The summed E-state index contributed by atoms with van der Waals surface area (Å²) in [6.07, 6.45) is 4.60. The first kappa shape index (κ1) is 16.5. The predicted octanol–water partition coefficient (Wildman–Crippen LogP) is 3.65. The maximum absolute atomic E-state index is 4.47. The average Bonchev–Trinajstić information content (AvgIpc) is 2.85. The molecule has 0 saturated heterocycles. The number of aromatic nitrogens is 2. The minimum atomic E-state index is 0.616. The van der Waals surface area contributed by atoms with Gasteiger partial charge in [0.2, 0.25) is 5.95 Å². The van der Waals surface area contributed by atoms with Crippen LogP contribution in [0, 0.1) is 13.8 Å². The van der Waals surface area contributed by atoms with Gasteiger partial charge in [0.1, 0.15) is 5.82 Å². The average molecular weight is 323 g/mol. The normalized spacial score (nSPS) is 14.7. The standard InChI is InChI=1S/C19H25N5/c1-13-6-7-16(12-17(13)15-5-4-9-21-10-8-15)23-19-22-14(2)11-18(20-3)24-19/h6-8,11-12,21H,4-5,9-10H2,1-3H3,(H2,20,22,23,24). The molecule has 2 heterocycles. The number of rotatable bonds is 4. The molecule has 5 heteroatoms. The minimum Gasteiger partial charge on any atom is -0.373 e. The van der Waals surface area contributed by atoms with Crippen LogP contribution >= 0.6 is 0 Å². The smallest absolute Gasteiger partial charge is 0.229 e. The van der Waals surface area contributed by atoms with E-state index < -0.39 is 0 Å². The summed E-state index contributed by atoms with van der Waals surface area (Å²) in [5, 5.41) is 9.82. The summed E-state index contributed by atoms with van der Waals surface area (Å²) in [6, 6.07) is 8.37. The van der Waals surface area contributed by atoms with Gasteiger partial charge in [-0.15, -0.1) is 0 Å². The molecule has 1 aliphatic rings. The lowest BCUT2D eigenvalue weighted by molar-refractivity contribution is 0.723. The third-order valence-corrected chi connectivity index (χ3v) is 4.24. The highest BCUT2D eigenvalue weighted by Crippen LogP contribution is 2.28. The Kier molecular flexibility index (Phi) is 5.11. The molecule has 24 heavy (non-hydrogen) atoms. The summed E-state index contributed by atoms with van der Waals surface area (Å²) in [7, 11) is 1.86. The van der Waals surface area contributed by atoms with Gasteiger partial charge in [-0.25, -0.2) is 4.98 Å². The zero-order chi connectivity index (χ0) is 16.9. The molecule has 3 rings (SSSR count). The van der Waals surface area contributed by atoms with Crippen LogP contribution in [0.1, 0.15) is 29.7 Å². The van der Waals surface area contributed by atoms with E-state index in [0.29, 0.717) is 5.95 Å². The van der Waals surface area contributed by atoms with Crippen molar-refractivity contribution in [2.45, 2.75) is 26.7 Å². The molecular formula is C19H25N5. The van der Waals surface area contributed by atoms with E-state index in [0.717, 1.165) is 36.7 Å². The van der Waals surface area contributed by atoms with Gasteiger partial charge < -0.3 is 16.0 Å². The lowest BCUT2D eigenvalue weighted by Gasteiger charge is -2.13. The molecule has 1 aliphatic heterocycles. The van der Waals surface area contributed by atoms with Crippen molar-refractivity contribution >= 4 is 23.0 Å². The van der Waals surface area contributed by atoms with Crippen molar-refractivity contribution in [3.8, 4) is 0 Å². The van der Waals surface area contributed by atoms with Gasteiger partial charge in [-0.05, 0) is 62.1 Å². The van der Waals surface area contributed by atoms with Crippen molar-refractivity contribution in [2.75, 3.05) is 30.8 Å². The first-order valence-corrected chi connectivity index (χ1v) is 8.47. The molecule has 3 N–H and O–H groups in total. The minimum absolute atomic E-state index is 0.616. The Balaban J connectivity index is 1.88. The first-order chi connectivity index (χ1) is 11.7. The molecule has 0 fully saturated rings. The number of nitrogens with zero attached hydrogens (tertiary/aromatic N) is 2. The number of hydrogen-bond donors (Lipinski definition) is 3. The quantitative estimate of drug-likeness (QED) is 0.802. The van der Waals surface area contributed by atoms with E-state index >= 15 is 0 Å². The zero-order valence-corrected chi connectivity index (χ0v) is 14.6. The van der Waals surface area contributed by atoms with Crippen LogP contribution in [0.4, 0.5) is 17.5 Å². The third kappa shape index (κ3) is 3.92. The van der Waals surface area contributed by atoms with E-state index in [1.807, 2.05) is 20.0 Å². The predicted molar refractivity (Wildman–Crippen MR) is 101 cm³/mol. The van der Waals surface area contributed by atoms with E-state index in [-0.39, 0.29) is 0 Å². The van der Waals surface area contributed by atoms with Crippen LogP contribution in [0.2, 0.25) is 0 Å². The highest BCUT2D eigenvalue weighted by Gasteiger charge is 2.10. The Hall–Kier alpha value is -2.40. The van der Waals surface area contributed by atoms with Crippen molar-refractivity contribution in [1.82, 2.24) is 15.3 Å². The van der Waals surface area contributed by atoms with Crippen LogP contribution < -0.4 is 16.0 Å². The lowest BCUT2D eigenvalue weighted by Crippen LogP contribution is -2.12. The summed E-state index contributed by atoms with van der Waals surface area (Å²) in [5.74, 6) is 1.43. The Morgan fingerprint density at radius 3 is 2.83 bits per heavy atom. The van der Waals surface area contributed by atoms with Gasteiger partial charge >= 0.3 is 0 Å². The Morgan fingerprint density at radius 1 is 1.12 bits per heavy atom. The molecule has 0 spiro atoms. The maximum atomic E-state index is 4.47. The van der Waals surface area contributed by atoms with E-state index in [1.54, 1.807) is 0 Å². The van der Waals surface area contributed by atoms with Crippen molar-refractivity contribution in [3.63, 3.8) is 0 Å². The van der Waals surface area contributed by atoms with Gasteiger partial charge in [0.05, 0.1) is 0 Å². The van der Waals surface area contributed by atoms with E-state index in [1.165, 1.54) is 23.1 Å². The van der Waals surface area contributed by atoms with Gasteiger partial charge in [0.15, 0.2) is 0 Å². The van der Waals surface area contributed by atoms with Crippen molar-refractivity contribution in [3.05, 3.63) is 47.2 Å². The largest absolute Gasteiger partial charge is 0.373 e. The summed E-state index contributed by atoms with van der Waals surface area (Å²) in [4.78, 5) is 8.94. The monoisotopic (exact) mass is 323 g/mol. The van der Waals surface area contributed by atoms with Gasteiger partial charge in [-0.2, -0.15) is 4.98 Å². The second kappa shape index (κ2) is 7.45. The fourth-order valence-corrected chi connectivity index (χ4v) is 2.98. The molecule has 0 atom stereocenters. The van der Waals surface area contributed by atoms with Crippen LogP contribution in [-0.4, -0.2) is 30.1 Å². The molecule has 1 aromatic carbocycles. The molecule has 0 amide bonds. The zero-order valence-electron chi connectivity index (χ0n) is 14.6. The molecule has 0 unspecified atom stereocenters. The van der Waals surface area contributed by atoms with Crippen LogP contribution in [0.3, 0.4) is 0 Å². The molecule has 1 aromatic heterocycles. The summed E-state index contributed by atoms with van der Waals surface area (Å²) >= 11 is 0. The van der Waals surface area contributed by atoms with Gasteiger partial charge in [0.25, 0.3) is 0 Å². The number of allylic oxidation sites excluding steroid dienone is 1. The number of anilines is 3. The SMILES string of the molecule is CNc1cc(C)nc(Nc2ccc(C)c(C3=CCNCCC3)c2)n1. The highest BCUT2D eigenvalue weighted by molar-refractivity contribution is 5.73.